The number of hydrogen-bond acceptors (Lipinski definition) is 5. The normalized spacial score (nSPS) is 11.5. The van der Waals surface area contributed by atoms with Crippen LogP contribution >= 0.6 is 0 Å². The Bertz CT molecular complexity index is 1510. The van der Waals surface area contributed by atoms with E-state index in [4.69, 9.17) is 4.98 Å². The van der Waals surface area contributed by atoms with Crippen LogP contribution in [0, 0.1) is 0 Å². The van der Waals surface area contributed by atoms with Gasteiger partial charge in [-0.25, -0.2) is 9.97 Å². The molecule has 0 aliphatic heterocycles. The van der Waals surface area contributed by atoms with Crippen LogP contribution in [0.25, 0.3) is 55.8 Å². The molecule has 0 saturated heterocycles. The zero-order valence-corrected chi connectivity index (χ0v) is 16.0. The van der Waals surface area contributed by atoms with E-state index in [0.717, 1.165) is 55.8 Å². The summed E-state index contributed by atoms with van der Waals surface area (Å²) in [5.74, 6) is 0. The SMILES string of the molecule is Cn1cc(-c2ccc3[nH]nc(-c4cc5c(-c6cccnc6)ccnc5[nH]4)c3n2)cn1. The molecule has 0 fully saturated rings. The molecule has 0 aliphatic carbocycles. The molecule has 8 heteroatoms. The fourth-order valence-electron chi connectivity index (χ4n) is 3.73. The van der Waals surface area contributed by atoms with Gasteiger partial charge in [-0.15, -0.1) is 0 Å². The summed E-state index contributed by atoms with van der Waals surface area (Å²) >= 11 is 0. The lowest BCUT2D eigenvalue weighted by Gasteiger charge is -2.01. The van der Waals surface area contributed by atoms with Crippen molar-refractivity contribution in [3.63, 3.8) is 0 Å². The van der Waals surface area contributed by atoms with Gasteiger partial charge in [0, 0.05) is 48.3 Å². The lowest BCUT2D eigenvalue weighted by atomic mass is 10.1. The molecule has 6 aromatic heterocycles. The molecule has 6 rings (SSSR count). The molecular formula is C22H16N8. The van der Waals surface area contributed by atoms with Crippen molar-refractivity contribution < 1.29 is 0 Å². The first-order valence-electron chi connectivity index (χ1n) is 9.49. The molecule has 0 amide bonds. The maximum Gasteiger partial charge on any atom is 0.138 e. The van der Waals surface area contributed by atoms with E-state index in [1.54, 1.807) is 23.3 Å². The summed E-state index contributed by atoms with van der Waals surface area (Å²) < 4.78 is 1.76. The van der Waals surface area contributed by atoms with E-state index in [-0.39, 0.29) is 0 Å². The number of rotatable bonds is 3. The average Bonchev–Trinajstić information content (AvgIpc) is 3.50. The van der Waals surface area contributed by atoms with E-state index < -0.39 is 0 Å². The average molecular weight is 392 g/mol. The Labute approximate surface area is 170 Å². The summed E-state index contributed by atoms with van der Waals surface area (Å²) in [4.78, 5) is 17.0. The molecule has 2 N–H and O–H groups in total. The Balaban J connectivity index is 1.52. The second-order valence-corrected chi connectivity index (χ2v) is 7.11. The van der Waals surface area contributed by atoms with Gasteiger partial charge in [-0.05, 0) is 35.9 Å². The third-order valence-electron chi connectivity index (χ3n) is 5.17. The van der Waals surface area contributed by atoms with Crippen molar-refractivity contribution in [3.05, 3.63) is 67.4 Å². The maximum absolute atomic E-state index is 4.85. The first-order chi connectivity index (χ1) is 14.8. The standard InChI is InChI=1S/C22H16N8/c1-30-12-14(11-25-30)17-4-5-18-20(26-17)21(29-28-18)19-9-16-15(6-8-24-22(16)27-19)13-3-2-7-23-10-13/h2-12H,1H3,(H,24,27)(H,28,29). The van der Waals surface area contributed by atoms with Gasteiger partial charge >= 0.3 is 0 Å². The molecule has 6 heterocycles. The molecule has 30 heavy (non-hydrogen) atoms. The van der Waals surface area contributed by atoms with E-state index >= 15 is 0 Å². The molecule has 6 aromatic rings. The first-order valence-corrected chi connectivity index (χ1v) is 9.49. The lowest BCUT2D eigenvalue weighted by molar-refractivity contribution is 0.768. The number of nitrogens with zero attached hydrogens (tertiary/aromatic N) is 6. The molecular weight excluding hydrogens is 376 g/mol. The summed E-state index contributed by atoms with van der Waals surface area (Å²) in [6.07, 6.45) is 9.17. The van der Waals surface area contributed by atoms with Crippen LogP contribution in [-0.4, -0.2) is 39.9 Å². The van der Waals surface area contributed by atoms with Crippen molar-refractivity contribution in [2.24, 2.45) is 7.05 Å². The fourth-order valence-corrected chi connectivity index (χ4v) is 3.73. The fraction of sp³-hybridized carbons (Fsp3) is 0.0455. The van der Waals surface area contributed by atoms with Gasteiger partial charge in [0.15, 0.2) is 0 Å². The van der Waals surface area contributed by atoms with Gasteiger partial charge in [0.1, 0.15) is 16.9 Å². The van der Waals surface area contributed by atoms with Crippen LogP contribution in [0.5, 0.6) is 0 Å². The minimum Gasteiger partial charge on any atom is -0.338 e. The number of hydrogen-bond donors (Lipinski definition) is 2. The van der Waals surface area contributed by atoms with Gasteiger partial charge in [-0.1, -0.05) is 6.07 Å². The zero-order chi connectivity index (χ0) is 20.1. The van der Waals surface area contributed by atoms with E-state index in [9.17, 15) is 0 Å². The second-order valence-electron chi connectivity index (χ2n) is 7.11. The lowest BCUT2D eigenvalue weighted by Crippen LogP contribution is -1.86. The van der Waals surface area contributed by atoms with Crippen LogP contribution in [0.4, 0.5) is 0 Å². The van der Waals surface area contributed by atoms with Gasteiger partial charge in [0.05, 0.1) is 23.1 Å². The summed E-state index contributed by atoms with van der Waals surface area (Å²) in [5, 5.41) is 12.9. The number of pyridine rings is 3. The third-order valence-corrected chi connectivity index (χ3v) is 5.17. The van der Waals surface area contributed by atoms with E-state index in [1.807, 2.05) is 49.8 Å². The summed E-state index contributed by atoms with van der Waals surface area (Å²) in [6.45, 7) is 0. The molecule has 0 saturated carbocycles. The van der Waals surface area contributed by atoms with Crippen LogP contribution < -0.4 is 0 Å². The minimum absolute atomic E-state index is 0.755. The van der Waals surface area contributed by atoms with Crippen molar-refractivity contribution in [2.75, 3.05) is 0 Å². The molecule has 0 aromatic carbocycles. The molecule has 8 nitrogen and oxygen atoms in total. The Hall–Kier alpha value is -4.33. The van der Waals surface area contributed by atoms with Gasteiger partial charge in [-0.3, -0.25) is 14.8 Å². The third kappa shape index (κ3) is 2.58. The second kappa shape index (κ2) is 6.35. The van der Waals surface area contributed by atoms with Crippen LogP contribution in [-0.2, 0) is 7.05 Å². The van der Waals surface area contributed by atoms with Crippen molar-refractivity contribution in [1.82, 2.24) is 39.9 Å². The molecule has 144 valence electrons. The number of nitrogens with one attached hydrogen (secondary N) is 2. The van der Waals surface area contributed by atoms with Crippen LogP contribution in [0.3, 0.4) is 0 Å². The Morgan fingerprint density at radius 1 is 1.00 bits per heavy atom. The monoisotopic (exact) mass is 392 g/mol. The molecule has 0 radical (unpaired) electrons. The van der Waals surface area contributed by atoms with E-state index in [0.29, 0.717) is 0 Å². The zero-order valence-electron chi connectivity index (χ0n) is 16.0. The number of aryl methyl sites for hydroxylation is 1. The highest BCUT2D eigenvalue weighted by Gasteiger charge is 2.16. The first kappa shape index (κ1) is 16.6. The van der Waals surface area contributed by atoms with Gasteiger partial charge < -0.3 is 4.98 Å². The largest absolute Gasteiger partial charge is 0.338 e. The highest BCUT2D eigenvalue weighted by Crippen LogP contribution is 2.33. The van der Waals surface area contributed by atoms with Crippen molar-refractivity contribution in [2.45, 2.75) is 0 Å². The quantitative estimate of drug-likeness (QED) is 0.475. The Morgan fingerprint density at radius 3 is 2.80 bits per heavy atom. The van der Waals surface area contributed by atoms with E-state index in [1.165, 1.54) is 0 Å². The van der Waals surface area contributed by atoms with Gasteiger partial charge in [0.2, 0.25) is 0 Å². The van der Waals surface area contributed by atoms with Crippen molar-refractivity contribution in [3.8, 4) is 33.8 Å². The molecule has 0 bridgehead atoms. The predicted octanol–water partition coefficient (Wildman–Crippen LogP) is 3.96. The molecule has 0 aliphatic rings. The highest BCUT2D eigenvalue weighted by atomic mass is 15.2. The topological polar surface area (TPSA) is 101 Å². The van der Waals surface area contributed by atoms with Crippen LogP contribution in [0.15, 0.2) is 67.4 Å². The Kier molecular flexibility index (Phi) is 3.51. The smallest absolute Gasteiger partial charge is 0.138 e. The number of aromatic amines is 2. The predicted molar refractivity (Wildman–Crippen MR) is 114 cm³/mol. The van der Waals surface area contributed by atoms with Crippen molar-refractivity contribution >= 4 is 22.1 Å². The van der Waals surface area contributed by atoms with E-state index in [2.05, 4.69) is 36.3 Å². The van der Waals surface area contributed by atoms with Gasteiger partial charge in [0.25, 0.3) is 0 Å². The molecule has 0 atom stereocenters. The minimum atomic E-state index is 0.755. The highest BCUT2D eigenvalue weighted by molar-refractivity contribution is 5.98. The summed E-state index contributed by atoms with van der Waals surface area (Å²) in [5.41, 5.74) is 8.00. The number of fused-ring (bicyclic) bond motifs is 2. The maximum atomic E-state index is 4.85. The van der Waals surface area contributed by atoms with Crippen molar-refractivity contribution in [1.29, 1.82) is 0 Å². The summed E-state index contributed by atoms with van der Waals surface area (Å²) in [6, 6.07) is 12.0. The molecule has 0 spiro atoms. The van der Waals surface area contributed by atoms with Crippen LogP contribution in [0.1, 0.15) is 0 Å². The van der Waals surface area contributed by atoms with Crippen LogP contribution in [0.2, 0.25) is 0 Å². The Morgan fingerprint density at radius 2 is 1.97 bits per heavy atom. The summed E-state index contributed by atoms with van der Waals surface area (Å²) in [7, 11) is 1.89. The molecule has 0 unspecified atom stereocenters. The van der Waals surface area contributed by atoms with Gasteiger partial charge in [-0.2, -0.15) is 10.2 Å². The number of H-pyrrole nitrogens is 2. The number of aromatic nitrogens is 8.